The van der Waals surface area contributed by atoms with Gasteiger partial charge in [-0.25, -0.2) is 4.98 Å². The molecular weight excluding hydrogens is 484 g/mol. The summed E-state index contributed by atoms with van der Waals surface area (Å²) < 4.78 is 3.38. The third kappa shape index (κ3) is 4.45. The molecule has 0 unspecified atom stereocenters. The highest BCUT2D eigenvalue weighted by Crippen LogP contribution is 2.40. The molecule has 180 valence electrons. The summed E-state index contributed by atoms with van der Waals surface area (Å²) in [6.45, 7) is 1.69. The molecular formula is C28H26N6S2. The summed E-state index contributed by atoms with van der Waals surface area (Å²) in [5.74, 6) is 0. The van der Waals surface area contributed by atoms with Crippen LogP contribution in [0, 0.1) is 0 Å². The summed E-state index contributed by atoms with van der Waals surface area (Å²) in [5, 5.41) is 8.79. The van der Waals surface area contributed by atoms with Crippen LogP contribution in [0.3, 0.4) is 0 Å². The predicted molar refractivity (Wildman–Crippen MR) is 151 cm³/mol. The molecule has 2 N–H and O–H groups in total. The SMILES string of the molecule is S=C1N[C@@H](c2ccccn2)[C@H](c2cccn2-c2nc3ccccc3s2)N1CCCNc1ccccc1. The van der Waals surface area contributed by atoms with Crippen molar-refractivity contribution in [3.05, 3.63) is 109 Å². The lowest BCUT2D eigenvalue weighted by atomic mass is 10.0. The molecule has 0 radical (unpaired) electrons. The molecule has 0 saturated carbocycles. The minimum atomic E-state index is -0.0520. The first-order valence-corrected chi connectivity index (χ1v) is 13.3. The summed E-state index contributed by atoms with van der Waals surface area (Å²) >= 11 is 7.57. The van der Waals surface area contributed by atoms with Crippen molar-refractivity contribution in [2.45, 2.75) is 18.5 Å². The normalized spacial score (nSPS) is 17.4. The second kappa shape index (κ2) is 10.1. The van der Waals surface area contributed by atoms with Crippen LogP contribution in [0.25, 0.3) is 15.3 Å². The van der Waals surface area contributed by atoms with Crippen molar-refractivity contribution in [3.63, 3.8) is 0 Å². The first kappa shape index (κ1) is 22.7. The van der Waals surface area contributed by atoms with Crippen LogP contribution in [0.4, 0.5) is 5.69 Å². The van der Waals surface area contributed by atoms with Gasteiger partial charge in [-0.1, -0.05) is 47.7 Å². The van der Waals surface area contributed by atoms with Crippen molar-refractivity contribution in [2.24, 2.45) is 0 Å². The third-order valence-electron chi connectivity index (χ3n) is 6.45. The highest BCUT2D eigenvalue weighted by atomic mass is 32.1. The van der Waals surface area contributed by atoms with E-state index in [0.29, 0.717) is 0 Å². The van der Waals surface area contributed by atoms with Crippen LogP contribution in [-0.4, -0.2) is 37.6 Å². The van der Waals surface area contributed by atoms with E-state index in [9.17, 15) is 0 Å². The average molecular weight is 511 g/mol. The van der Waals surface area contributed by atoms with Crippen LogP contribution in [0.2, 0.25) is 0 Å². The Balaban J connectivity index is 1.31. The molecule has 2 aromatic carbocycles. The molecule has 0 bridgehead atoms. The van der Waals surface area contributed by atoms with Crippen LogP contribution in [-0.2, 0) is 0 Å². The van der Waals surface area contributed by atoms with E-state index in [1.807, 2.05) is 42.6 Å². The molecule has 6 rings (SSSR count). The van der Waals surface area contributed by atoms with Crippen molar-refractivity contribution in [2.75, 3.05) is 18.4 Å². The van der Waals surface area contributed by atoms with Crippen molar-refractivity contribution in [1.29, 1.82) is 0 Å². The van der Waals surface area contributed by atoms with Crippen LogP contribution in [0.1, 0.15) is 29.9 Å². The molecule has 6 nitrogen and oxygen atoms in total. The second-order valence-corrected chi connectivity index (χ2v) is 10.1. The molecule has 1 saturated heterocycles. The molecule has 1 aliphatic rings. The largest absolute Gasteiger partial charge is 0.385 e. The number of benzene rings is 2. The lowest BCUT2D eigenvalue weighted by molar-refractivity contribution is 0.307. The molecule has 4 heterocycles. The summed E-state index contributed by atoms with van der Waals surface area (Å²) in [7, 11) is 0. The second-order valence-electron chi connectivity index (χ2n) is 8.73. The summed E-state index contributed by atoms with van der Waals surface area (Å²) in [6, 6.07) is 28.8. The van der Waals surface area contributed by atoms with Crippen molar-refractivity contribution in [1.82, 2.24) is 24.8 Å². The Morgan fingerprint density at radius 1 is 0.944 bits per heavy atom. The van der Waals surface area contributed by atoms with E-state index >= 15 is 0 Å². The maximum Gasteiger partial charge on any atom is 0.194 e. The fourth-order valence-electron chi connectivity index (χ4n) is 4.78. The van der Waals surface area contributed by atoms with E-state index < -0.39 is 0 Å². The van der Waals surface area contributed by atoms with Gasteiger partial charge in [0, 0.05) is 31.2 Å². The number of pyridine rings is 1. The number of thiocarbonyl (C=S) groups is 1. The van der Waals surface area contributed by atoms with Crippen molar-refractivity contribution >= 4 is 44.6 Å². The lowest BCUT2D eigenvalue weighted by Gasteiger charge is -2.28. The van der Waals surface area contributed by atoms with E-state index in [-0.39, 0.29) is 12.1 Å². The predicted octanol–water partition coefficient (Wildman–Crippen LogP) is 5.96. The number of hydrogen-bond acceptors (Lipinski definition) is 5. The monoisotopic (exact) mass is 510 g/mol. The van der Waals surface area contributed by atoms with Crippen molar-refractivity contribution < 1.29 is 0 Å². The number of para-hydroxylation sites is 2. The molecule has 0 spiro atoms. The Morgan fingerprint density at radius 3 is 2.61 bits per heavy atom. The minimum Gasteiger partial charge on any atom is -0.385 e. The molecule has 36 heavy (non-hydrogen) atoms. The van der Waals surface area contributed by atoms with Gasteiger partial charge in [0.2, 0.25) is 0 Å². The van der Waals surface area contributed by atoms with Gasteiger partial charge in [-0.05, 0) is 67.2 Å². The summed E-state index contributed by atoms with van der Waals surface area (Å²) in [6.07, 6.45) is 4.89. The van der Waals surface area contributed by atoms with Gasteiger partial charge in [-0.15, -0.1) is 0 Å². The van der Waals surface area contributed by atoms with Gasteiger partial charge in [0.05, 0.1) is 33.7 Å². The van der Waals surface area contributed by atoms with Crippen LogP contribution in [0.5, 0.6) is 0 Å². The number of nitrogens with zero attached hydrogens (tertiary/aromatic N) is 4. The van der Waals surface area contributed by atoms with Gasteiger partial charge in [0.15, 0.2) is 10.2 Å². The van der Waals surface area contributed by atoms with Gasteiger partial charge in [0.1, 0.15) is 0 Å². The maximum absolute atomic E-state index is 5.87. The standard InChI is InChI=1S/C28H26N6S2/c35-27-32-25(22-13-6-7-16-30-22)26(34(27)19-9-17-29-20-10-2-1-3-11-20)23-14-8-18-33(23)28-31-21-12-4-5-15-24(21)36-28/h1-8,10-16,18,25-26,29H,9,17,19H2,(H,32,35)/t25-,26-/m0/s1. The topological polar surface area (TPSA) is 58.0 Å². The number of fused-ring (bicyclic) bond motifs is 1. The van der Waals surface area contributed by atoms with Crippen LogP contribution in [0.15, 0.2) is 97.3 Å². The van der Waals surface area contributed by atoms with Gasteiger partial charge < -0.3 is 15.5 Å². The Morgan fingerprint density at radius 2 is 1.78 bits per heavy atom. The van der Waals surface area contributed by atoms with Gasteiger partial charge in [-0.2, -0.15) is 0 Å². The molecule has 0 amide bonds. The minimum absolute atomic E-state index is 0.00821. The highest BCUT2D eigenvalue weighted by molar-refractivity contribution is 7.80. The molecule has 1 fully saturated rings. The molecule has 8 heteroatoms. The van der Waals surface area contributed by atoms with E-state index in [1.54, 1.807) is 11.3 Å². The zero-order chi connectivity index (χ0) is 24.3. The highest BCUT2D eigenvalue weighted by Gasteiger charge is 2.41. The number of hydrogen-bond donors (Lipinski definition) is 2. The van der Waals surface area contributed by atoms with Crippen LogP contribution < -0.4 is 10.6 Å². The number of nitrogens with one attached hydrogen (secondary N) is 2. The van der Waals surface area contributed by atoms with E-state index in [1.165, 1.54) is 4.70 Å². The molecule has 5 aromatic rings. The molecule has 3 aromatic heterocycles. The number of anilines is 1. The molecule has 0 aliphatic carbocycles. The number of thiazole rings is 1. The first-order valence-electron chi connectivity index (χ1n) is 12.1. The van der Waals surface area contributed by atoms with Gasteiger partial charge in [-0.3, -0.25) is 9.55 Å². The van der Waals surface area contributed by atoms with Gasteiger partial charge in [0.25, 0.3) is 0 Å². The number of aromatic nitrogens is 3. The van der Waals surface area contributed by atoms with Gasteiger partial charge >= 0.3 is 0 Å². The third-order valence-corrected chi connectivity index (χ3v) is 7.84. The maximum atomic E-state index is 5.87. The Labute approximate surface area is 219 Å². The summed E-state index contributed by atoms with van der Waals surface area (Å²) in [5.41, 5.74) is 4.27. The van der Waals surface area contributed by atoms with E-state index in [2.05, 4.69) is 79.8 Å². The Hall–Kier alpha value is -3.75. The van der Waals surface area contributed by atoms with Crippen LogP contribution >= 0.6 is 23.6 Å². The quantitative estimate of drug-likeness (QED) is 0.199. The fraction of sp³-hybridized carbons (Fsp3) is 0.179. The zero-order valence-electron chi connectivity index (χ0n) is 19.6. The number of rotatable bonds is 8. The fourth-order valence-corrected chi connectivity index (χ4v) is 6.08. The zero-order valence-corrected chi connectivity index (χ0v) is 21.3. The first-order chi connectivity index (χ1) is 17.8. The van der Waals surface area contributed by atoms with Crippen molar-refractivity contribution in [3.8, 4) is 5.13 Å². The average Bonchev–Trinajstić information content (AvgIpc) is 3.64. The summed E-state index contributed by atoms with van der Waals surface area (Å²) in [4.78, 5) is 11.9. The smallest absolute Gasteiger partial charge is 0.194 e. The van der Waals surface area contributed by atoms with E-state index in [0.717, 1.165) is 52.3 Å². The van der Waals surface area contributed by atoms with E-state index in [4.69, 9.17) is 17.2 Å². The molecule has 1 aliphatic heterocycles. The Bertz CT molecular complexity index is 1430. The Kier molecular flexibility index (Phi) is 6.36. The lowest BCUT2D eigenvalue weighted by Crippen LogP contribution is -2.32. The molecule has 2 atom stereocenters.